The molecule has 0 saturated carbocycles. The Labute approximate surface area is 133 Å². The van der Waals surface area contributed by atoms with Crippen LogP contribution in [0.15, 0.2) is 18.2 Å². The third-order valence-corrected chi connectivity index (χ3v) is 3.83. The number of benzene rings is 1. The van der Waals surface area contributed by atoms with Crippen LogP contribution >= 0.6 is 0 Å². The predicted octanol–water partition coefficient (Wildman–Crippen LogP) is 1.47. The molecule has 0 aliphatic carbocycles. The van der Waals surface area contributed by atoms with Gasteiger partial charge in [-0.05, 0) is 30.5 Å². The monoisotopic (exact) mass is 325 g/mol. The summed E-state index contributed by atoms with van der Waals surface area (Å²) in [6, 6.07) is 4.13. The molecule has 1 aliphatic heterocycles. The van der Waals surface area contributed by atoms with E-state index >= 15 is 0 Å². The van der Waals surface area contributed by atoms with Crippen LogP contribution < -0.4 is 4.74 Å². The molecule has 1 aromatic carbocycles. The first kappa shape index (κ1) is 17.2. The van der Waals surface area contributed by atoms with Crippen molar-refractivity contribution in [2.24, 2.45) is 0 Å². The van der Waals surface area contributed by atoms with Crippen molar-refractivity contribution in [3.05, 3.63) is 29.6 Å². The minimum Gasteiger partial charge on any atom is -0.494 e. The Hall–Kier alpha value is -2.15. The molecule has 1 saturated heterocycles. The van der Waals surface area contributed by atoms with Crippen LogP contribution in [0.5, 0.6) is 5.75 Å². The summed E-state index contributed by atoms with van der Waals surface area (Å²) in [5, 5.41) is 9.04. The van der Waals surface area contributed by atoms with E-state index < -0.39 is 11.8 Å². The van der Waals surface area contributed by atoms with Gasteiger partial charge in [0.15, 0.2) is 11.6 Å². The maximum absolute atomic E-state index is 13.7. The second-order valence-electron chi connectivity index (χ2n) is 5.40. The van der Waals surface area contributed by atoms with Gasteiger partial charge < -0.3 is 19.5 Å². The van der Waals surface area contributed by atoms with Gasteiger partial charge in [-0.25, -0.2) is 4.39 Å². The van der Waals surface area contributed by atoms with E-state index in [9.17, 15) is 14.0 Å². The Morgan fingerprint density at radius 1 is 1.39 bits per heavy atom. The summed E-state index contributed by atoms with van der Waals surface area (Å²) >= 11 is 0. The highest BCUT2D eigenvalue weighted by Gasteiger charge is 2.27. The molecule has 1 fully saturated rings. The standard InChI is InChI=1S/C16H20FNO5/c1-22-14-3-2-11(8-13(14)17)9-15(19)18(10-16(20)21)12-4-6-23-7-5-12/h2-3,8,12H,4-7,9-10H2,1H3,(H,20,21). The Bertz CT molecular complexity index is 572. The quantitative estimate of drug-likeness (QED) is 0.857. The van der Waals surface area contributed by atoms with Crippen LogP contribution in [0, 0.1) is 5.82 Å². The summed E-state index contributed by atoms with van der Waals surface area (Å²) in [5.41, 5.74) is 0.482. The average Bonchev–Trinajstić information content (AvgIpc) is 2.53. The van der Waals surface area contributed by atoms with Crippen molar-refractivity contribution in [3.63, 3.8) is 0 Å². The van der Waals surface area contributed by atoms with Gasteiger partial charge in [0, 0.05) is 19.3 Å². The average molecular weight is 325 g/mol. The van der Waals surface area contributed by atoms with Gasteiger partial charge in [0.05, 0.1) is 13.5 Å². The van der Waals surface area contributed by atoms with Crippen LogP contribution in [0.2, 0.25) is 0 Å². The van der Waals surface area contributed by atoms with Crippen molar-refractivity contribution in [2.45, 2.75) is 25.3 Å². The molecule has 1 heterocycles. The molecule has 6 nitrogen and oxygen atoms in total. The van der Waals surface area contributed by atoms with Gasteiger partial charge in [-0.15, -0.1) is 0 Å². The van der Waals surface area contributed by atoms with Gasteiger partial charge in [0.2, 0.25) is 5.91 Å². The fourth-order valence-electron chi connectivity index (χ4n) is 2.66. The summed E-state index contributed by atoms with van der Waals surface area (Å²) in [7, 11) is 1.36. The number of carbonyl (C=O) groups is 2. The van der Waals surface area contributed by atoms with E-state index in [4.69, 9.17) is 14.6 Å². The second-order valence-corrected chi connectivity index (χ2v) is 5.40. The van der Waals surface area contributed by atoms with Crippen molar-refractivity contribution >= 4 is 11.9 Å². The normalized spacial score (nSPS) is 15.2. The first-order valence-corrected chi connectivity index (χ1v) is 7.42. The Kier molecular flexibility index (Phi) is 5.92. The first-order chi connectivity index (χ1) is 11.0. The topological polar surface area (TPSA) is 76.1 Å². The van der Waals surface area contributed by atoms with E-state index in [-0.39, 0.29) is 30.7 Å². The summed E-state index contributed by atoms with van der Waals surface area (Å²) in [6.07, 6.45) is 1.16. The molecule has 0 spiro atoms. The van der Waals surface area contributed by atoms with Gasteiger partial charge in [0.25, 0.3) is 0 Å². The molecular weight excluding hydrogens is 305 g/mol. The molecule has 23 heavy (non-hydrogen) atoms. The van der Waals surface area contributed by atoms with Crippen molar-refractivity contribution < 1.29 is 28.6 Å². The number of methoxy groups -OCH3 is 1. The number of ether oxygens (including phenoxy) is 2. The zero-order chi connectivity index (χ0) is 16.8. The maximum Gasteiger partial charge on any atom is 0.323 e. The van der Waals surface area contributed by atoms with E-state index in [0.29, 0.717) is 31.6 Å². The van der Waals surface area contributed by atoms with Gasteiger partial charge >= 0.3 is 5.97 Å². The third kappa shape index (κ3) is 4.66. The van der Waals surface area contributed by atoms with Gasteiger partial charge in [-0.2, -0.15) is 0 Å². The van der Waals surface area contributed by atoms with Crippen molar-refractivity contribution in [1.82, 2.24) is 4.90 Å². The van der Waals surface area contributed by atoms with Crippen LogP contribution in [-0.4, -0.2) is 54.8 Å². The molecule has 1 aromatic rings. The number of nitrogens with zero attached hydrogens (tertiary/aromatic N) is 1. The van der Waals surface area contributed by atoms with Crippen LogP contribution in [0.3, 0.4) is 0 Å². The highest BCUT2D eigenvalue weighted by atomic mass is 19.1. The van der Waals surface area contributed by atoms with Crippen LogP contribution in [0.4, 0.5) is 4.39 Å². The largest absolute Gasteiger partial charge is 0.494 e. The molecule has 0 unspecified atom stereocenters. The highest BCUT2D eigenvalue weighted by molar-refractivity contribution is 5.83. The zero-order valence-electron chi connectivity index (χ0n) is 13.0. The van der Waals surface area contributed by atoms with E-state index in [2.05, 4.69) is 0 Å². The number of carboxylic acids is 1. The number of aliphatic carboxylic acids is 1. The number of hydrogen-bond acceptors (Lipinski definition) is 4. The van der Waals surface area contributed by atoms with Crippen LogP contribution in [0.1, 0.15) is 18.4 Å². The van der Waals surface area contributed by atoms with Gasteiger partial charge in [-0.3, -0.25) is 9.59 Å². The lowest BCUT2D eigenvalue weighted by molar-refractivity contribution is -0.147. The minimum absolute atomic E-state index is 0.0500. The molecule has 1 N–H and O–H groups in total. The smallest absolute Gasteiger partial charge is 0.323 e. The summed E-state index contributed by atoms with van der Waals surface area (Å²) in [6.45, 7) is 0.651. The number of halogens is 1. The first-order valence-electron chi connectivity index (χ1n) is 7.42. The fraction of sp³-hybridized carbons (Fsp3) is 0.500. The van der Waals surface area contributed by atoms with Crippen molar-refractivity contribution in [2.75, 3.05) is 26.9 Å². The Morgan fingerprint density at radius 3 is 2.65 bits per heavy atom. The summed E-state index contributed by atoms with van der Waals surface area (Å²) in [4.78, 5) is 24.9. The Morgan fingerprint density at radius 2 is 2.09 bits per heavy atom. The molecule has 0 bridgehead atoms. The van der Waals surface area contributed by atoms with E-state index in [1.807, 2.05) is 0 Å². The van der Waals surface area contributed by atoms with E-state index in [0.717, 1.165) is 0 Å². The van der Waals surface area contributed by atoms with Crippen LogP contribution in [-0.2, 0) is 20.7 Å². The number of carboxylic acid groups (broad SMARTS) is 1. The second kappa shape index (κ2) is 7.92. The molecule has 2 rings (SSSR count). The molecule has 126 valence electrons. The SMILES string of the molecule is COc1ccc(CC(=O)N(CC(=O)O)C2CCOCC2)cc1F. The number of amides is 1. The van der Waals surface area contributed by atoms with E-state index in [1.165, 1.54) is 24.1 Å². The molecular formula is C16H20FNO5. The Balaban J connectivity index is 2.10. The molecule has 0 radical (unpaired) electrons. The van der Waals surface area contributed by atoms with Gasteiger partial charge in [-0.1, -0.05) is 6.07 Å². The number of carbonyl (C=O) groups excluding carboxylic acids is 1. The fourth-order valence-corrected chi connectivity index (χ4v) is 2.66. The molecule has 0 aromatic heterocycles. The molecule has 0 atom stereocenters. The number of rotatable bonds is 6. The molecule has 1 aliphatic rings. The molecule has 1 amide bonds. The van der Waals surface area contributed by atoms with Crippen molar-refractivity contribution in [1.29, 1.82) is 0 Å². The zero-order valence-corrected chi connectivity index (χ0v) is 13.0. The predicted molar refractivity (Wildman–Crippen MR) is 79.8 cm³/mol. The summed E-state index contributed by atoms with van der Waals surface area (Å²) in [5.74, 6) is -1.84. The third-order valence-electron chi connectivity index (χ3n) is 3.83. The van der Waals surface area contributed by atoms with Crippen LogP contribution in [0.25, 0.3) is 0 Å². The lowest BCUT2D eigenvalue weighted by Crippen LogP contribution is -2.46. The highest BCUT2D eigenvalue weighted by Crippen LogP contribution is 2.20. The molecule has 7 heteroatoms. The lowest BCUT2D eigenvalue weighted by Gasteiger charge is -2.33. The van der Waals surface area contributed by atoms with E-state index in [1.54, 1.807) is 6.07 Å². The minimum atomic E-state index is -1.06. The number of hydrogen-bond donors (Lipinski definition) is 1. The maximum atomic E-state index is 13.7. The van der Waals surface area contributed by atoms with Gasteiger partial charge in [0.1, 0.15) is 6.54 Å². The van der Waals surface area contributed by atoms with Crippen molar-refractivity contribution in [3.8, 4) is 5.75 Å². The lowest BCUT2D eigenvalue weighted by atomic mass is 10.0. The summed E-state index contributed by atoms with van der Waals surface area (Å²) < 4.78 is 23.8.